The number of aryl methyl sites for hydroxylation is 1. The molecule has 3 atom stereocenters. The number of ether oxygens (including phenoxy) is 1. The zero-order valence-electron chi connectivity index (χ0n) is 16.2. The van der Waals surface area contributed by atoms with E-state index in [1.807, 2.05) is 30.3 Å². The smallest absolute Gasteiger partial charge is 0.415 e. The number of amides is 1. The molecule has 5 nitrogen and oxygen atoms in total. The Hall–Kier alpha value is -3.38. The first-order valence-corrected chi connectivity index (χ1v) is 9.79. The summed E-state index contributed by atoms with van der Waals surface area (Å²) in [5, 5.41) is 20.9. The van der Waals surface area contributed by atoms with Crippen LogP contribution >= 0.6 is 0 Å². The number of nitrogens with zero attached hydrogens (tertiary/aromatic N) is 1. The summed E-state index contributed by atoms with van der Waals surface area (Å²) in [6, 6.07) is 21.1. The van der Waals surface area contributed by atoms with Gasteiger partial charge in [0.1, 0.15) is 17.6 Å². The first-order valence-electron chi connectivity index (χ1n) is 9.79. The van der Waals surface area contributed by atoms with E-state index in [1.165, 1.54) is 35.2 Å². The van der Waals surface area contributed by atoms with E-state index < -0.39 is 30.2 Å². The summed E-state index contributed by atoms with van der Waals surface area (Å²) in [6.07, 6.45) is -1.37. The van der Waals surface area contributed by atoms with Crippen LogP contribution < -0.4 is 4.90 Å². The van der Waals surface area contributed by atoms with E-state index in [0.717, 1.165) is 5.56 Å². The zero-order chi connectivity index (χ0) is 21.1. The molecule has 0 saturated carbocycles. The monoisotopic (exact) mass is 407 g/mol. The lowest BCUT2D eigenvalue weighted by atomic mass is 9.93. The van der Waals surface area contributed by atoms with Gasteiger partial charge in [-0.1, -0.05) is 42.5 Å². The van der Waals surface area contributed by atoms with Crippen molar-refractivity contribution in [1.29, 1.82) is 0 Å². The normalized spacial score (nSPS) is 19.5. The number of halogens is 1. The van der Waals surface area contributed by atoms with Crippen molar-refractivity contribution in [2.24, 2.45) is 0 Å². The van der Waals surface area contributed by atoms with Crippen LogP contribution in [-0.2, 0) is 11.2 Å². The van der Waals surface area contributed by atoms with Crippen LogP contribution in [0.2, 0.25) is 0 Å². The third-order valence-corrected chi connectivity index (χ3v) is 5.29. The number of carbonyl (C=O) groups excluding carboxylic acids is 1. The fourth-order valence-electron chi connectivity index (χ4n) is 3.83. The molecular weight excluding hydrogens is 385 g/mol. The van der Waals surface area contributed by atoms with Gasteiger partial charge in [-0.15, -0.1) is 0 Å². The fraction of sp³-hybridized carbons (Fsp3) is 0.208. The molecule has 0 radical (unpaired) electrons. The third-order valence-electron chi connectivity index (χ3n) is 5.29. The number of hydrogen-bond donors (Lipinski definition) is 2. The molecule has 4 rings (SSSR count). The lowest BCUT2D eigenvalue weighted by molar-refractivity contribution is 0.0146. The van der Waals surface area contributed by atoms with Crippen LogP contribution in [-0.4, -0.2) is 28.5 Å². The van der Waals surface area contributed by atoms with Gasteiger partial charge in [-0.3, -0.25) is 4.90 Å². The maximum atomic E-state index is 13.4. The summed E-state index contributed by atoms with van der Waals surface area (Å²) in [6.45, 7) is 0. The molecule has 6 heteroatoms. The van der Waals surface area contributed by atoms with Crippen LogP contribution in [0.15, 0.2) is 78.9 Å². The van der Waals surface area contributed by atoms with Crippen molar-refractivity contribution in [3.05, 3.63) is 95.8 Å². The lowest BCUT2D eigenvalue weighted by Gasteiger charge is -2.27. The Labute approximate surface area is 174 Å². The standard InChI is InChI=1S/C24H22FNO4/c25-18-10-12-19(13-11-18)26-22(17-7-4-8-20(27)15-17)23(30-24(26)29)21(28)14-9-16-5-2-1-3-6-16/h1-8,10-13,15,21-23,27-28H,9,14H2/t21-,22+,23?/m0/s1. The Bertz CT molecular complexity index is 1010. The van der Waals surface area contributed by atoms with Crippen LogP contribution in [0.1, 0.15) is 23.6 Å². The SMILES string of the molecule is O=C1OC([C@@H](O)CCc2ccccc2)[C@@H](c2cccc(O)c2)N1c1ccc(F)cc1. The minimum absolute atomic E-state index is 0.0448. The van der Waals surface area contributed by atoms with E-state index in [2.05, 4.69) is 0 Å². The highest BCUT2D eigenvalue weighted by molar-refractivity contribution is 5.91. The number of aliphatic hydroxyl groups excluding tert-OH is 1. The molecular formula is C24H22FNO4. The number of anilines is 1. The number of aromatic hydroxyl groups is 1. The predicted octanol–water partition coefficient (Wildman–Crippen LogP) is 4.59. The van der Waals surface area contributed by atoms with E-state index in [0.29, 0.717) is 24.1 Å². The minimum atomic E-state index is -0.924. The quantitative estimate of drug-likeness (QED) is 0.627. The van der Waals surface area contributed by atoms with Crippen LogP contribution in [0, 0.1) is 5.82 Å². The van der Waals surface area contributed by atoms with E-state index in [-0.39, 0.29) is 5.75 Å². The van der Waals surface area contributed by atoms with Gasteiger partial charge in [0.05, 0.1) is 6.10 Å². The number of benzene rings is 3. The highest BCUT2D eigenvalue weighted by atomic mass is 19.1. The summed E-state index contributed by atoms with van der Waals surface area (Å²) in [5.41, 5.74) is 2.15. The highest BCUT2D eigenvalue weighted by Crippen LogP contribution is 2.40. The van der Waals surface area contributed by atoms with Gasteiger partial charge in [0.15, 0.2) is 6.10 Å². The molecule has 1 fully saturated rings. The van der Waals surface area contributed by atoms with Crippen molar-refractivity contribution in [1.82, 2.24) is 0 Å². The molecule has 3 aromatic rings. The van der Waals surface area contributed by atoms with Crippen molar-refractivity contribution in [2.45, 2.75) is 31.1 Å². The van der Waals surface area contributed by atoms with Crippen molar-refractivity contribution in [3.63, 3.8) is 0 Å². The Kier molecular flexibility index (Phi) is 5.68. The summed E-state index contributed by atoms with van der Waals surface area (Å²) < 4.78 is 19.0. The van der Waals surface area contributed by atoms with E-state index in [1.54, 1.807) is 18.2 Å². The Morgan fingerprint density at radius 2 is 1.73 bits per heavy atom. The molecule has 1 heterocycles. The minimum Gasteiger partial charge on any atom is -0.508 e. The molecule has 0 bridgehead atoms. The second-order valence-electron chi connectivity index (χ2n) is 7.33. The number of hydrogen-bond acceptors (Lipinski definition) is 4. The fourth-order valence-corrected chi connectivity index (χ4v) is 3.83. The van der Waals surface area contributed by atoms with Gasteiger partial charge in [0.2, 0.25) is 0 Å². The summed E-state index contributed by atoms with van der Waals surface area (Å²) in [7, 11) is 0. The second-order valence-corrected chi connectivity index (χ2v) is 7.33. The van der Waals surface area contributed by atoms with Crippen molar-refractivity contribution < 1.29 is 24.1 Å². The van der Waals surface area contributed by atoms with Gasteiger partial charge < -0.3 is 14.9 Å². The van der Waals surface area contributed by atoms with Crippen molar-refractivity contribution in [2.75, 3.05) is 4.90 Å². The molecule has 1 amide bonds. The molecule has 2 N–H and O–H groups in total. The van der Waals surface area contributed by atoms with E-state index in [9.17, 15) is 19.4 Å². The van der Waals surface area contributed by atoms with Gasteiger partial charge in [0, 0.05) is 5.69 Å². The zero-order valence-corrected chi connectivity index (χ0v) is 16.2. The van der Waals surface area contributed by atoms with E-state index >= 15 is 0 Å². The summed E-state index contributed by atoms with van der Waals surface area (Å²) >= 11 is 0. The van der Waals surface area contributed by atoms with E-state index in [4.69, 9.17) is 4.74 Å². The molecule has 3 aromatic carbocycles. The topological polar surface area (TPSA) is 70.0 Å². The summed E-state index contributed by atoms with van der Waals surface area (Å²) in [4.78, 5) is 14.1. The van der Waals surface area contributed by atoms with Gasteiger partial charge in [-0.2, -0.15) is 0 Å². The van der Waals surface area contributed by atoms with Crippen LogP contribution in [0.5, 0.6) is 5.75 Å². The first-order chi connectivity index (χ1) is 14.5. The van der Waals surface area contributed by atoms with Crippen molar-refractivity contribution in [3.8, 4) is 5.75 Å². The van der Waals surface area contributed by atoms with Crippen molar-refractivity contribution >= 4 is 11.8 Å². The molecule has 0 aromatic heterocycles. The average Bonchev–Trinajstić information content (AvgIpc) is 3.10. The van der Waals surface area contributed by atoms with Crippen LogP contribution in [0.25, 0.3) is 0 Å². The molecule has 1 aliphatic rings. The van der Waals surface area contributed by atoms with Gasteiger partial charge in [-0.05, 0) is 60.4 Å². The molecule has 1 unspecified atom stereocenters. The second kappa shape index (κ2) is 8.55. The maximum Gasteiger partial charge on any atom is 0.415 e. The van der Waals surface area contributed by atoms with Crippen LogP contribution in [0.3, 0.4) is 0 Å². The molecule has 1 saturated heterocycles. The molecule has 0 spiro atoms. The maximum absolute atomic E-state index is 13.4. The Morgan fingerprint density at radius 3 is 2.43 bits per heavy atom. The predicted molar refractivity (Wildman–Crippen MR) is 111 cm³/mol. The lowest BCUT2D eigenvalue weighted by Crippen LogP contribution is -2.35. The Balaban J connectivity index is 1.64. The molecule has 30 heavy (non-hydrogen) atoms. The molecule has 0 aliphatic carbocycles. The summed E-state index contributed by atoms with van der Waals surface area (Å²) in [5.74, 6) is -0.372. The number of phenols is 1. The largest absolute Gasteiger partial charge is 0.508 e. The first kappa shape index (κ1) is 19.9. The number of carbonyl (C=O) groups is 1. The van der Waals surface area contributed by atoms with Gasteiger partial charge >= 0.3 is 6.09 Å². The third kappa shape index (κ3) is 4.14. The average molecular weight is 407 g/mol. The number of phenolic OH excluding ortho intramolecular Hbond substituents is 1. The van der Waals surface area contributed by atoms with Crippen LogP contribution in [0.4, 0.5) is 14.9 Å². The van der Waals surface area contributed by atoms with Gasteiger partial charge in [0.25, 0.3) is 0 Å². The highest BCUT2D eigenvalue weighted by Gasteiger charge is 2.46. The number of cyclic esters (lactones) is 1. The molecule has 1 aliphatic heterocycles. The van der Waals surface area contributed by atoms with Gasteiger partial charge in [-0.25, -0.2) is 9.18 Å². The molecule has 154 valence electrons. The number of rotatable bonds is 6. The number of aliphatic hydroxyl groups is 1. The Morgan fingerprint density at radius 1 is 1.00 bits per heavy atom.